The van der Waals surface area contributed by atoms with Crippen LogP contribution in [0.3, 0.4) is 0 Å². The van der Waals surface area contributed by atoms with Crippen LogP contribution in [0.1, 0.15) is 49.2 Å². The number of aromatic nitrogens is 1. The molecule has 1 aromatic rings. The fraction of sp³-hybridized carbons (Fsp3) is 0.667. The van der Waals surface area contributed by atoms with Gasteiger partial charge in [0.25, 0.3) is 5.91 Å². The van der Waals surface area contributed by atoms with Crippen molar-refractivity contribution in [3.8, 4) is 0 Å². The molecule has 0 unspecified atom stereocenters. The molecule has 0 fully saturated rings. The predicted octanol–water partition coefficient (Wildman–Crippen LogP) is 2.25. The quantitative estimate of drug-likeness (QED) is 0.747. The standard InChI is InChI=1S/C12H20N2O3S2/c1-3-5-6-7-8-13-11(15)10-9-14-12(18-10)19(16,17)4-2/h9H,3-8H2,1-2H3,(H,13,15). The van der Waals surface area contributed by atoms with E-state index in [1.807, 2.05) is 0 Å². The minimum atomic E-state index is -3.32. The monoisotopic (exact) mass is 304 g/mol. The molecule has 108 valence electrons. The summed E-state index contributed by atoms with van der Waals surface area (Å²) in [5, 5.41) is 2.78. The number of nitrogens with one attached hydrogen (secondary N) is 1. The molecule has 1 amide bonds. The molecule has 0 aromatic carbocycles. The molecule has 0 bridgehead atoms. The normalized spacial score (nSPS) is 11.5. The maximum atomic E-state index is 11.8. The van der Waals surface area contributed by atoms with Crippen LogP contribution in [0.5, 0.6) is 0 Å². The zero-order valence-electron chi connectivity index (χ0n) is 11.3. The number of unbranched alkanes of at least 4 members (excludes halogenated alkanes) is 3. The molecule has 1 rings (SSSR count). The van der Waals surface area contributed by atoms with E-state index < -0.39 is 9.84 Å². The van der Waals surface area contributed by atoms with E-state index in [2.05, 4.69) is 17.2 Å². The minimum Gasteiger partial charge on any atom is -0.351 e. The number of nitrogens with zero attached hydrogens (tertiary/aromatic N) is 1. The van der Waals surface area contributed by atoms with Crippen molar-refractivity contribution >= 4 is 27.1 Å². The van der Waals surface area contributed by atoms with E-state index in [1.165, 1.54) is 6.20 Å². The van der Waals surface area contributed by atoms with Crippen LogP contribution < -0.4 is 5.32 Å². The van der Waals surface area contributed by atoms with Crippen molar-refractivity contribution in [2.75, 3.05) is 12.3 Å². The van der Waals surface area contributed by atoms with Crippen molar-refractivity contribution in [1.82, 2.24) is 10.3 Å². The van der Waals surface area contributed by atoms with E-state index in [4.69, 9.17) is 0 Å². The van der Waals surface area contributed by atoms with Crippen LogP contribution in [0.25, 0.3) is 0 Å². The van der Waals surface area contributed by atoms with Crippen LogP contribution in [-0.4, -0.2) is 31.6 Å². The molecule has 0 saturated carbocycles. The van der Waals surface area contributed by atoms with Crippen LogP contribution in [-0.2, 0) is 9.84 Å². The summed E-state index contributed by atoms with van der Waals surface area (Å²) >= 11 is 0.930. The molecule has 0 radical (unpaired) electrons. The van der Waals surface area contributed by atoms with E-state index in [9.17, 15) is 13.2 Å². The van der Waals surface area contributed by atoms with E-state index >= 15 is 0 Å². The highest BCUT2D eigenvalue weighted by Gasteiger charge is 2.18. The summed E-state index contributed by atoms with van der Waals surface area (Å²) in [5.41, 5.74) is 0. The summed E-state index contributed by atoms with van der Waals surface area (Å²) in [6, 6.07) is 0. The third-order valence-corrected chi connectivity index (χ3v) is 5.87. The smallest absolute Gasteiger partial charge is 0.263 e. The topological polar surface area (TPSA) is 76.1 Å². The SMILES string of the molecule is CCCCCCNC(=O)c1cnc(S(=O)(=O)CC)s1. The first-order chi connectivity index (χ1) is 9.01. The van der Waals surface area contributed by atoms with Gasteiger partial charge >= 0.3 is 0 Å². The van der Waals surface area contributed by atoms with Crippen molar-refractivity contribution < 1.29 is 13.2 Å². The number of carbonyl (C=O) groups excluding carboxylic acids is 1. The van der Waals surface area contributed by atoms with Gasteiger partial charge in [0.05, 0.1) is 11.9 Å². The molecule has 1 aromatic heterocycles. The van der Waals surface area contributed by atoms with Gasteiger partial charge in [0.1, 0.15) is 4.88 Å². The van der Waals surface area contributed by atoms with E-state index in [1.54, 1.807) is 6.92 Å². The van der Waals surface area contributed by atoms with E-state index in [0.717, 1.165) is 37.0 Å². The van der Waals surface area contributed by atoms with E-state index in [0.29, 0.717) is 11.4 Å². The van der Waals surface area contributed by atoms with Crippen LogP contribution in [0.2, 0.25) is 0 Å². The van der Waals surface area contributed by atoms with Gasteiger partial charge in [-0.15, -0.1) is 0 Å². The Morgan fingerprint density at radius 1 is 1.32 bits per heavy atom. The molecule has 0 spiro atoms. The average molecular weight is 304 g/mol. The number of rotatable bonds is 8. The lowest BCUT2D eigenvalue weighted by molar-refractivity contribution is 0.0957. The third-order valence-electron chi connectivity index (χ3n) is 2.67. The van der Waals surface area contributed by atoms with Crippen molar-refractivity contribution in [2.24, 2.45) is 0 Å². The maximum Gasteiger partial charge on any atom is 0.263 e. The molecule has 0 aliphatic carbocycles. The van der Waals surface area contributed by atoms with Gasteiger partial charge in [-0.3, -0.25) is 4.79 Å². The minimum absolute atomic E-state index is 0.00140. The van der Waals surface area contributed by atoms with Gasteiger partial charge < -0.3 is 5.32 Å². The Labute approximate surface area is 118 Å². The fourth-order valence-electron chi connectivity index (χ4n) is 1.47. The van der Waals surface area contributed by atoms with Gasteiger partial charge in [0.2, 0.25) is 14.2 Å². The molecule has 0 aliphatic heterocycles. The van der Waals surface area contributed by atoms with Gasteiger partial charge in [0, 0.05) is 6.54 Å². The Balaban J connectivity index is 2.50. The second-order valence-corrected chi connectivity index (χ2v) is 7.69. The Kier molecular flexibility index (Phi) is 6.44. The Bertz CT molecular complexity index is 509. The van der Waals surface area contributed by atoms with Crippen LogP contribution in [0.4, 0.5) is 0 Å². The highest BCUT2D eigenvalue weighted by molar-refractivity contribution is 7.93. The molecule has 0 saturated heterocycles. The number of hydrogen-bond acceptors (Lipinski definition) is 5. The molecule has 1 heterocycles. The predicted molar refractivity (Wildman–Crippen MR) is 76.3 cm³/mol. The largest absolute Gasteiger partial charge is 0.351 e. The first-order valence-corrected chi connectivity index (χ1v) is 8.95. The van der Waals surface area contributed by atoms with Crippen LogP contribution >= 0.6 is 11.3 Å². The van der Waals surface area contributed by atoms with Crippen molar-refractivity contribution in [2.45, 2.75) is 43.9 Å². The van der Waals surface area contributed by atoms with Crippen molar-refractivity contribution in [3.63, 3.8) is 0 Å². The van der Waals surface area contributed by atoms with Gasteiger partial charge in [-0.05, 0) is 6.42 Å². The van der Waals surface area contributed by atoms with Crippen LogP contribution in [0, 0.1) is 0 Å². The summed E-state index contributed by atoms with van der Waals surface area (Å²) in [7, 11) is -3.32. The Hall–Kier alpha value is -0.950. The Morgan fingerprint density at radius 2 is 2.05 bits per heavy atom. The molecule has 5 nitrogen and oxygen atoms in total. The highest BCUT2D eigenvalue weighted by atomic mass is 32.2. The lowest BCUT2D eigenvalue weighted by atomic mass is 10.2. The average Bonchev–Trinajstić information content (AvgIpc) is 2.88. The molecule has 7 heteroatoms. The molecular weight excluding hydrogens is 284 g/mol. The van der Waals surface area contributed by atoms with Crippen LogP contribution in [0.15, 0.2) is 10.5 Å². The molecule has 19 heavy (non-hydrogen) atoms. The lowest BCUT2D eigenvalue weighted by Gasteiger charge is -2.02. The van der Waals surface area contributed by atoms with Gasteiger partial charge in [-0.1, -0.05) is 44.4 Å². The van der Waals surface area contributed by atoms with Crippen molar-refractivity contribution in [3.05, 3.63) is 11.1 Å². The summed E-state index contributed by atoms with van der Waals surface area (Å²) in [4.78, 5) is 15.9. The zero-order valence-corrected chi connectivity index (χ0v) is 12.9. The summed E-state index contributed by atoms with van der Waals surface area (Å²) in [6.07, 6.45) is 5.68. The number of carbonyl (C=O) groups is 1. The Morgan fingerprint density at radius 3 is 2.68 bits per heavy atom. The number of hydrogen-bond donors (Lipinski definition) is 1. The fourth-order valence-corrected chi connectivity index (χ4v) is 3.63. The molecule has 1 N–H and O–H groups in total. The molecule has 0 aliphatic rings. The third kappa shape index (κ3) is 4.91. The first-order valence-electron chi connectivity index (χ1n) is 6.48. The number of sulfone groups is 1. The van der Waals surface area contributed by atoms with E-state index in [-0.39, 0.29) is 16.0 Å². The number of amides is 1. The lowest BCUT2D eigenvalue weighted by Crippen LogP contribution is -2.23. The van der Waals surface area contributed by atoms with Gasteiger partial charge in [-0.2, -0.15) is 0 Å². The second kappa shape index (κ2) is 7.59. The molecular formula is C12H20N2O3S2. The van der Waals surface area contributed by atoms with Gasteiger partial charge in [0.15, 0.2) is 0 Å². The maximum absolute atomic E-state index is 11.8. The first kappa shape index (κ1) is 16.1. The number of thiazole rings is 1. The molecule has 0 atom stereocenters. The summed E-state index contributed by atoms with van der Waals surface area (Å²) in [5.74, 6) is -0.245. The second-order valence-electron chi connectivity index (χ2n) is 4.21. The summed E-state index contributed by atoms with van der Waals surface area (Å²) in [6.45, 7) is 4.31. The van der Waals surface area contributed by atoms with Gasteiger partial charge in [-0.25, -0.2) is 13.4 Å². The van der Waals surface area contributed by atoms with Crippen molar-refractivity contribution in [1.29, 1.82) is 0 Å². The highest BCUT2D eigenvalue weighted by Crippen LogP contribution is 2.19. The zero-order chi connectivity index (χ0) is 14.3. The summed E-state index contributed by atoms with van der Waals surface area (Å²) < 4.78 is 23.2.